The zero-order valence-electron chi connectivity index (χ0n) is 16.3. The normalized spacial score (nSPS) is 11.2. The average molecular weight is 448 g/mol. The average Bonchev–Trinajstić information content (AvgIpc) is 2.78. The molecule has 3 aromatic carbocycles. The first-order valence-electron chi connectivity index (χ1n) is 9.33. The number of nitro groups is 1. The highest BCUT2D eigenvalue weighted by Crippen LogP contribution is 2.24. The number of carbonyl (C=O) groups is 1. The summed E-state index contributed by atoms with van der Waals surface area (Å²) >= 11 is 6.18. The van der Waals surface area contributed by atoms with Crippen molar-refractivity contribution in [1.82, 2.24) is 9.55 Å². The Morgan fingerprint density at radius 1 is 1.06 bits per heavy atom. The summed E-state index contributed by atoms with van der Waals surface area (Å²) in [6, 6.07) is 16.7. The van der Waals surface area contributed by atoms with Crippen molar-refractivity contribution < 1.29 is 14.8 Å². The maximum absolute atomic E-state index is 13.2. The number of hydrogen-bond acceptors (Lipinski definition) is 5. The first-order valence-corrected chi connectivity index (χ1v) is 9.70. The van der Waals surface area contributed by atoms with Gasteiger partial charge in [-0.3, -0.25) is 19.5 Å². The molecule has 0 fully saturated rings. The molecule has 0 aliphatic heterocycles. The van der Waals surface area contributed by atoms with Gasteiger partial charge in [0.15, 0.2) is 0 Å². The molecule has 1 heterocycles. The third-order valence-corrected chi connectivity index (χ3v) is 5.12. The number of benzene rings is 3. The molecule has 1 N–H and O–H groups in total. The summed E-state index contributed by atoms with van der Waals surface area (Å²) in [5, 5.41) is 20.9. The van der Waals surface area contributed by atoms with Gasteiger partial charge in [-0.25, -0.2) is 9.78 Å². The highest BCUT2D eigenvalue weighted by Gasteiger charge is 2.13. The van der Waals surface area contributed by atoms with E-state index in [1.54, 1.807) is 24.3 Å². The summed E-state index contributed by atoms with van der Waals surface area (Å²) < 4.78 is 1.34. The number of para-hydroxylation sites is 1. The van der Waals surface area contributed by atoms with Crippen molar-refractivity contribution in [3.05, 3.63) is 109 Å². The van der Waals surface area contributed by atoms with Crippen molar-refractivity contribution in [2.45, 2.75) is 0 Å². The number of aromatic carboxylic acids is 1. The monoisotopic (exact) mass is 447 g/mol. The van der Waals surface area contributed by atoms with Crippen molar-refractivity contribution in [2.24, 2.45) is 0 Å². The summed E-state index contributed by atoms with van der Waals surface area (Å²) in [5.41, 5.74) is 0.890. The van der Waals surface area contributed by atoms with Gasteiger partial charge >= 0.3 is 5.97 Å². The third kappa shape index (κ3) is 3.99. The standard InChI is InChI=1S/C23H14ClN3O5/c24-19-11-10-17(27(31)32)13-15(19)7-12-21-25-20-4-2-1-3-18(20)22(28)26(21)16-8-5-14(6-9-16)23(29)30/h1-13H,(H,29,30)/b12-7+. The van der Waals surface area contributed by atoms with E-state index in [4.69, 9.17) is 16.7 Å². The molecule has 4 rings (SSSR count). The highest BCUT2D eigenvalue weighted by atomic mass is 35.5. The smallest absolute Gasteiger partial charge is 0.335 e. The lowest BCUT2D eigenvalue weighted by Gasteiger charge is -2.12. The van der Waals surface area contributed by atoms with Gasteiger partial charge in [0.25, 0.3) is 11.2 Å². The van der Waals surface area contributed by atoms with Gasteiger partial charge in [-0.05, 0) is 60.2 Å². The summed E-state index contributed by atoms with van der Waals surface area (Å²) in [5.74, 6) is -0.833. The fourth-order valence-electron chi connectivity index (χ4n) is 3.20. The maximum Gasteiger partial charge on any atom is 0.335 e. The molecule has 0 spiro atoms. The molecule has 32 heavy (non-hydrogen) atoms. The van der Waals surface area contributed by atoms with E-state index in [0.29, 0.717) is 27.2 Å². The number of carboxylic acid groups (broad SMARTS) is 1. The molecule has 0 saturated carbocycles. The van der Waals surface area contributed by atoms with Crippen LogP contribution in [0.1, 0.15) is 21.7 Å². The molecule has 0 aliphatic carbocycles. The van der Waals surface area contributed by atoms with Crippen LogP contribution in [-0.4, -0.2) is 25.6 Å². The SMILES string of the molecule is O=C(O)c1ccc(-n2c(/C=C/c3cc([N+](=O)[O-])ccc3Cl)nc3ccccc3c2=O)cc1. The van der Waals surface area contributed by atoms with Crippen molar-refractivity contribution in [3.63, 3.8) is 0 Å². The van der Waals surface area contributed by atoms with Gasteiger partial charge < -0.3 is 5.11 Å². The van der Waals surface area contributed by atoms with Gasteiger partial charge in [0, 0.05) is 17.2 Å². The van der Waals surface area contributed by atoms with Gasteiger partial charge in [-0.2, -0.15) is 0 Å². The summed E-state index contributed by atoms with van der Waals surface area (Å²) in [7, 11) is 0. The van der Waals surface area contributed by atoms with E-state index in [1.165, 1.54) is 59.2 Å². The van der Waals surface area contributed by atoms with Crippen LogP contribution in [0.25, 0.3) is 28.7 Å². The first kappa shape index (κ1) is 21.0. The summed E-state index contributed by atoms with van der Waals surface area (Å²) in [6.45, 7) is 0. The van der Waals surface area contributed by atoms with Gasteiger partial charge in [0.05, 0.1) is 27.1 Å². The number of rotatable bonds is 5. The van der Waals surface area contributed by atoms with E-state index in [2.05, 4.69) is 4.98 Å². The van der Waals surface area contributed by atoms with E-state index >= 15 is 0 Å². The molecule has 0 amide bonds. The number of aromatic nitrogens is 2. The minimum Gasteiger partial charge on any atom is -0.478 e. The van der Waals surface area contributed by atoms with E-state index in [1.807, 2.05) is 0 Å². The molecule has 0 saturated heterocycles. The molecule has 0 unspecified atom stereocenters. The number of nitro benzene ring substituents is 1. The molecule has 1 aromatic heterocycles. The molecular weight excluding hydrogens is 434 g/mol. The van der Waals surface area contributed by atoms with Gasteiger partial charge in [0.2, 0.25) is 0 Å². The van der Waals surface area contributed by atoms with Crippen LogP contribution in [0.3, 0.4) is 0 Å². The quantitative estimate of drug-likeness (QED) is 0.346. The Morgan fingerprint density at radius 3 is 2.47 bits per heavy atom. The first-order chi connectivity index (χ1) is 15.3. The van der Waals surface area contributed by atoms with Crippen LogP contribution in [0.4, 0.5) is 5.69 Å². The largest absolute Gasteiger partial charge is 0.478 e. The lowest BCUT2D eigenvalue weighted by atomic mass is 10.1. The maximum atomic E-state index is 13.2. The minimum atomic E-state index is -1.08. The van der Waals surface area contributed by atoms with Crippen molar-refractivity contribution >= 4 is 46.3 Å². The summed E-state index contributed by atoms with van der Waals surface area (Å²) in [4.78, 5) is 39.5. The Hall–Kier alpha value is -4.30. The molecule has 9 heteroatoms. The fraction of sp³-hybridized carbons (Fsp3) is 0. The Kier molecular flexibility index (Phi) is 5.53. The molecule has 0 bridgehead atoms. The Bertz CT molecular complexity index is 1460. The minimum absolute atomic E-state index is 0.0796. The van der Waals surface area contributed by atoms with E-state index in [0.717, 1.165) is 0 Å². The molecule has 8 nitrogen and oxygen atoms in total. The number of carboxylic acids is 1. The van der Waals surface area contributed by atoms with Crippen molar-refractivity contribution in [2.75, 3.05) is 0 Å². The number of nitrogens with zero attached hydrogens (tertiary/aromatic N) is 3. The summed E-state index contributed by atoms with van der Waals surface area (Å²) in [6.07, 6.45) is 3.07. The van der Waals surface area contributed by atoms with Crippen LogP contribution >= 0.6 is 11.6 Å². The van der Waals surface area contributed by atoms with Gasteiger partial charge in [-0.1, -0.05) is 23.7 Å². The molecule has 0 radical (unpaired) electrons. The van der Waals surface area contributed by atoms with Gasteiger partial charge in [0.1, 0.15) is 5.82 Å². The predicted molar refractivity (Wildman–Crippen MR) is 121 cm³/mol. The molecule has 0 atom stereocenters. The van der Waals surface area contributed by atoms with Crippen LogP contribution in [0.15, 0.2) is 71.5 Å². The van der Waals surface area contributed by atoms with Crippen molar-refractivity contribution in [1.29, 1.82) is 0 Å². The molecule has 4 aromatic rings. The van der Waals surface area contributed by atoms with Gasteiger partial charge in [-0.15, -0.1) is 0 Å². The van der Waals surface area contributed by atoms with E-state index in [9.17, 15) is 19.7 Å². The van der Waals surface area contributed by atoms with Crippen LogP contribution in [0, 0.1) is 10.1 Å². The van der Waals surface area contributed by atoms with Crippen LogP contribution in [-0.2, 0) is 0 Å². The Morgan fingerprint density at radius 2 is 1.78 bits per heavy atom. The molecule has 158 valence electrons. The zero-order valence-corrected chi connectivity index (χ0v) is 17.1. The van der Waals surface area contributed by atoms with E-state index in [-0.39, 0.29) is 22.6 Å². The second kappa shape index (κ2) is 8.44. The van der Waals surface area contributed by atoms with E-state index < -0.39 is 10.9 Å². The van der Waals surface area contributed by atoms with Crippen LogP contribution in [0.5, 0.6) is 0 Å². The molecule has 0 aliphatic rings. The lowest BCUT2D eigenvalue weighted by Crippen LogP contribution is -2.22. The Labute approximate surface area is 185 Å². The third-order valence-electron chi connectivity index (χ3n) is 4.78. The number of non-ortho nitro benzene ring substituents is 1. The zero-order chi connectivity index (χ0) is 22.8. The second-order valence-corrected chi connectivity index (χ2v) is 7.18. The van der Waals surface area contributed by atoms with Crippen LogP contribution in [0.2, 0.25) is 5.02 Å². The highest BCUT2D eigenvalue weighted by molar-refractivity contribution is 6.32. The number of fused-ring (bicyclic) bond motifs is 1. The fourth-order valence-corrected chi connectivity index (χ4v) is 3.38. The number of halogens is 1. The molecular formula is C23H14ClN3O5. The predicted octanol–water partition coefficient (Wildman–Crippen LogP) is 4.82. The topological polar surface area (TPSA) is 115 Å². The second-order valence-electron chi connectivity index (χ2n) is 6.78. The Balaban J connectivity index is 1.91. The lowest BCUT2D eigenvalue weighted by molar-refractivity contribution is -0.384. The van der Waals surface area contributed by atoms with Crippen LogP contribution < -0.4 is 5.56 Å². The number of hydrogen-bond donors (Lipinski definition) is 1. The van der Waals surface area contributed by atoms with Crippen molar-refractivity contribution in [3.8, 4) is 5.69 Å².